The first-order chi connectivity index (χ1) is 12.1. The van der Waals surface area contributed by atoms with Crippen molar-refractivity contribution in [2.24, 2.45) is 0 Å². The van der Waals surface area contributed by atoms with Gasteiger partial charge in [-0.1, -0.05) is 12.1 Å². The minimum atomic E-state index is 0.0611. The molecule has 0 aliphatic carbocycles. The van der Waals surface area contributed by atoms with Gasteiger partial charge in [-0.05, 0) is 56.9 Å². The second kappa shape index (κ2) is 7.52. The van der Waals surface area contributed by atoms with Crippen LogP contribution in [0.5, 0.6) is 0 Å². The zero-order chi connectivity index (χ0) is 17.8. The Balaban J connectivity index is 1.80. The Kier molecular flexibility index (Phi) is 5.18. The molecule has 1 aliphatic rings. The van der Waals surface area contributed by atoms with Gasteiger partial charge in [-0.25, -0.2) is 0 Å². The highest BCUT2D eigenvalue weighted by molar-refractivity contribution is 5.94. The summed E-state index contributed by atoms with van der Waals surface area (Å²) in [4.78, 5) is 15.1. The maximum absolute atomic E-state index is 13.1. The van der Waals surface area contributed by atoms with E-state index in [4.69, 9.17) is 5.26 Å². The van der Waals surface area contributed by atoms with Gasteiger partial charge in [-0.3, -0.25) is 9.48 Å². The molecule has 0 spiro atoms. The summed E-state index contributed by atoms with van der Waals surface area (Å²) in [6.07, 6.45) is 3.51. The summed E-state index contributed by atoms with van der Waals surface area (Å²) >= 11 is 0. The van der Waals surface area contributed by atoms with Crippen LogP contribution in [0.15, 0.2) is 30.3 Å². The number of aryl methyl sites for hydroxylation is 2. The first kappa shape index (κ1) is 17.2. The Labute approximate surface area is 148 Å². The monoisotopic (exact) mass is 336 g/mol. The van der Waals surface area contributed by atoms with Gasteiger partial charge in [-0.15, -0.1) is 0 Å². The van der Waals surface area contributed by atoms with Crippen molar-refractivity contribution < 1.29 is 4.79 Å². The van der Waals surface area contributed by atoms with E-state index in [0.717, 1.165) is 49.3 Å². The third kappa shape index (κ3) is 3.90. The predicted molar refractivity (Wildman–Crippen MR) is 96.1 cm³/mol. The standard InChI is InChI=1S/C20H24N4O/c1-15-12-16(2)24(22-15)14-19-8-3-4-11-23(19)20(25)18-7-5-6-17(13-18)9-10-21/h5-7,12-13,19H,3-4,8-9,11,14H2,1-2H3/t19-/m1/s1. The molecule has 0 unspecified atom stereocenters. The molecule has 1 aromatic heterocycles. The van der Waals surface area contributed by atoms with E-state index in [1.807, 2.05) is 40.8 Å². The van der Waals surface area contributed by atoms with Crippen molar-refractivity contribution in [3.63, 3.8) is 0 Å². The number of nitriles is 1. The van der Waals surface area contributed by atoms with Gasteiger partial charge in [0.1, 0.15) is 0 Å². The first-order valence-corrected chi connectivity index (χ1v) is 8.86. The highest BCUT2D eigenvalue weighted by Crippen LogP contribution is 2.22. The minimum absolute atomic E-state index is 0.0611. The molecular weight excluding hydrogens is 312 g/mol. The van der Waals surface area contributed by atoms with Gasteiger partial charge in [0.05, 0.1) is 30.8 Å². The Bertz CT molecular complexity index is 802. The normalized spacial score (nSPS) is 17.3. The number of nitrogens with zero attached hydrogens (tertiary/aromatic N) is 4. The van der Waals surface area contributed by atoms with E-state index in [1.165, 1.54) is 0 Å². The van der Waals surface area contributed by atoms with Gasteiger partial charge in [0, 0.05) is 17.8 Å². The van der Waals surface area contributed by atoms with Crippen LogP contribution in [0.4, 0.5) is 0 Å². The third-order valence-corrected chi connectivity index (χ3v) is 4.83. The van der Waals surface area contributed by atoms with Gasteiger partial charge < -0.3 is 4.90 Å². The second-order valence-corrected chi connectivity index (χ2v) is 6.79. The molecule has 2 heterocycles. The minimum Gasteiger partial charge on any atom is -0.334 e. The smallest absolute Gasteiger partial charge is 0.254 e. The van der Waals surface area contributed by atoms with Crippen molar-refractivity contribution in [3.8, 4) is 6.07 Å². The van der Waals surface area contributed by atoms with Crippen molar-refractivity contribution >= 4 is 5.91 Å². The highest BCUT2D eigenvalue weighted by atomic mass is 16.2. The summed E-state index contributed by atoms with van der Waals surface area (Å²) < 4.78 is 2.01. The maximum atomic E-state index is 13.1. The van der Waals surface area contributed by atoms with Crippen molar-refractivity contribution in [1.29, 1.82) is 5.26 Å². The van der Waals surface area contributed by atoms with E-state index in [1.54, 1.807) is 0 Å². The molecule has 25 heavy (non-hydrogen) atoms. The van der Waals surface area contributed by atoms with Crippen LogP contribution < -0.4 is 0 Å². The van der Waals surface area contributed by atoms with E-state index in [-0.39, 0.29) is 11.9 Å². The zero-order valence-electron chi connectivity index (χ0n) is 14.9. The number of piperidine rings is 1. The molecule has 1 atom stereocenters. The van der Waals surface area contributed by atoms with Crippen LogP contribution in [-0.2, 0) is 13.0 Å². The SMILES string of the molecule is Cc1cc(C)n(C[C@H]2CCCCN2C(=O)c2cccc(CC#N)c2)n1. The molecule has 130 valence electrons. The summed E-state index contributed by atoms with van der Waals surface area (Å²) in [6, 6.07) is 11.8. The molecule has 5 heteroatoms. The largest absolute Gasteiger partial charge is 0.334 e. The number of carbonyl (C=O) groups is 1. The number of amides is 1. The number of aromatic nitrogens is 2. The van der Waals surface area contributed by atoms with Crippen molar-refractivity contribution in [3.05, 3.63) is 52.8 Å². The number of hydrogen-bond donors (Lipinski definition) is 0. The van der Waals surface area contributed by atoms with E-state index in [9.17, 15) is 4.79 Å². The van der Waals surface area contributed by atoms with Crippen LogP contribution in [0.25, 0.3) is 0 Å². The van der Waals surface area contributed by atoms with Crippen LogP contribution in [0.3, 0.4) is 0 Å². The summed E-state index contributed by atoms with van der Waals surface area (Å²) in [5.74, 6) is 0.0611. The van der Waals surface area contributed by atoms with E-state index in [0.29, 0.717) is 12.0 Å². The Morgan fingerprint density at radius 3 is 2.88 bits per heavy atom. The molecule has 2 aromatic rings. The Morgan fingerprint density at radius 1 is 1.32 bits per heavy atom. The molecule has 1 fully saturated rings. The molecule has 5 nitrogen and oxygen atoms in total. The quantitative estimate of drug-likeness (QED) is 0.861. The fourth-order valence-electron chi connectivity index (χ4n) is 3.59. The van der Waals surface area contributed by atoms with Gasteiger partial charge >= 0.3 is 0 Å². The van der Waals surface area contributed by atoms with Crippen LogP contribution in [0.1, 0.15) is 46.6 Å². The lowest BCUT2D eigenvalue weighted by Gasteiger charge is -2.36. The summed E-state index contributed by atoms with van der Waals surface area (Å²) in [5, 5.41) is 13.4. The molecule has 1 amide bonds. The number of carbonyl (C=O) groups excluding carboxylic acids is 1. The van der Waals surface area contributed by atoms with Gasteiger partial charge in [0.25, 0.3) is 5.91 Å². The molecular formula is C20H24N4O. The molecule has 1 aromatic carbocycles. The van der Waals surface area contributed by atoms with Gasteiger partial charge in [-0.2, -0.15) is 10.4 Å². The third-order valence-electron chi connectivity index (χ3n) is 4.83. The molecule has 0 N–H and O–H groups in total. The number of hydrogen-bond acceptors (Lipinski definition) is 3. The average molecular weight is 336 g/mol. The number of benzene rings is 1. The van der Waals surface area contributed by atoms with E-state index < -0.39 is 0 Å². The molecule has 0 radical (unpaired) electrons. The summed E-state index contributed by atoms with van der Waals surface area (Å²) in [5.41, 5.74) is 3.70. The average Bonchev–Trinajstić information content (AvgIpc) is 2.92. The maximum Gasteiger partial charge on any atom is 0.254 e. The molecule has 1 saturated heterocycles. The molecule has 0 bridgehead atoms. The van der Waals surface area contributed by atoms with Crippen molar-refractivity contribution in [1.82, 2.24) is 14.7 Å². The van der Waals surface area contributed by atoms with Crippen molar-refractivity contribution in [2.75, 3.05) is 6.54 Å². The van der Waals surface area contributed by atoms with Gasteiger partial charge in [0.15, 0.2) is 0 Å². The van der Waals surface area contributed by atoms with Gasteiger partial charge in [0.2, 0.25) is 0 Å². The Morgan fingerprint density at radius 2 is 2.16 bits per heavy atom. The van der Waals surface area contributed by atoms with Crippen LogP contribution in [0, 0.1) is 25.2 Å². The fourth-order valence-corrected chi connectivity index (χ4v) is 3.59. The first-order valence-electron chi connectivity index (χ1n) is 8.86. The van der Waals surface area contributed by atoms with E-state index >= 15 is 0 Å². The predicted octanol–water partition coefficient (Wildman–Crippen LogP) is 3.26. The summed E-state index contributed by atoms with van der Waals surface area (Å²) in [7, 11) is 0. The topological polar surface area (TPSA) is 61.9 Å². The fraction of sp³-hybridized carbons (Fsp3) is 0.450. The number of likely N-dealkylation sites (tertiary alicyclic amines) is 1. The summed E-state index contributed by atoms with van der Waals surface area (Å²) in [6.45, 7) is 5.57. The van der Waals surface area contributed by atoms with Crippen LogP contribution in [0.2, 0.25) is 0 Å². The van der Waals surface area contributed by atoms with Crippen LogP contribution >= 0.6 is 0 Å². The molecule has 0 saturated carbocycles. The lowest BCUT2D eigenvalue weighted by atomic mass is 10.00. The lowest BCUT2D eigenvalue weighted by molar-refractivity contribution is 0.0582. The molecule has 1 aliphatic heterocycles. The van der Waals surface area contributed by atoms with Crippen LogP contribution in [-0.4, -0.2) is 33.2 Å². The lowest BCUT2D eigenvalue weighted by Crippen LogP contribution is -2.46. The second-order valence-electron chi connectivity index (χ2n) is 6.79. The highest BCUT2D eigenvalue weighted by Gasteiger charge is 2.28. The van der Waals surface area contributed by atoms with Crippen molar-refractivity contribution in [2.45, 2.75) is 52.1 Å². The molecule has 3 rings (SSSR count). The zero-order valence-corrected chi connectivity index (χ0v) is 14.9. The number of rotatable bonds is 4. The Hall–Kier alpha value is -2.61. The van der Waals surface area contributed by atoms with E-state index in [2.05, 4.69) is 24.2 Å².